The molecule has 0 aromatic carbocycles. The first-order valence-electron chi connectivity index (χ1n) is 8.87. The molecule has 146 valence electrons. The van der Waals surface area contributed by atoms with Gasteiger partial charge in [-0.05, 0) is 58.3 Å². The van der Waals surface area contributed by atoms with E-state index in [1.165, 1.54) is 51.4 Å². The Kier molecular flexibility index (Phi) is 20.2. The van der Waals surface area contributed by atoms with Gasteiger partial charge in [0, 0.05) is 0 Å². The summed E-state index contributed by atoms with van der Waals surface area (Å²) >= 11 is 0. The Labute approximate surface area is 169 Å². The third-order valence-corrected chi connectivity index (χ3v) is 3.30. The molecule has 0 heterocycles. The van der Waals surface area contributed by atoms with Crippen molar-refractivity contribution in [2.45, 2.75) is 64.7 Å². The monoisotopic (exact) mass is 448 g/mol. The molecule has 0 atom stereocenters. The van der Waals surface area contributed by atoms with Gasteiger partial charge in [0.1, 0.15) is 11.8 Å². The predicted molar refractivity (Wildman–Crippen MR) is 98.8 cm³/mol. The number of carboxylic acids is 1. The molecule has 26 heavy (non-hydrogen) atoms. The van der Waals surface area contributed by atoms with Gasteiger partial charge in [-0.2, -0.15) is 0 Å². The molecule has 2 rings (SSSR count). The van der Waals surface area contributed by atoms with Crippen LogP contribution in [-0.2, 0) is 33.9 Å². The SMILES string of the molecule is C1=C\CC/C=C\CC/1.C1=C\CC/C=C\CC/1.CC(=O)CC(=O)C(=O)[O-].[Rh+]. The van der Waals surface area contributed by atoms with Crippen LogP contribution in [0.3, 0.4) is 0 Å². The van der Waals surface area contributed by atoms with Gasteiger partial charge < -0.3 is 9.90 Å². The van der Waals surface area contributed by atoms with Crippen LogP contribution in [0.5, 0.6) is 0 Å². The van der Waals surface area contributed by atoms with Crippen LogP contribution in [-0.4, -0.2) is 17.5 Å². The number of hydrogen-bond donors (Lipinski definition) is 0. The molecule has 0 bridgehead atoms. The summed E-state index contributed by atoms with van der Waals surface area (Å²) in [6, 6.07) is 0. The van der Waals surface area contributed by atoms with E-state index in [1.807, 2.05) is 0 Å². The Morgan fingerprint density at radius 3 is 1.00 bits per heavy atom. The summed E-state index contributed by atoms with van der Waals surface area (Å²) in [5.74, 6) is -3.43. The molecule has 0 saturated carbocycles. The largest absolute Gasteiger partial charge is 1.00 e. The maximum absolute atomic E-state index is 10.1. The van der Waals surface area contributed by atoms with Crippen molar-refractivity contribution in [3.63, 3.8) is 0 Å². The Bertz CT molecular complexity index is 436. The van der Waals surface area contributed by atoms with Gasteiger partial charge in [0.15, 0.2) is 5.78 Å². The van der Waals surface area contributed by atoms with Crippen molar-refractivity contribution in [2.24, 2.45) is 0 Å². The molecular formula is C21H29O4Rh. The zero-order valence-electron chi connectivity index (χ0n) is 15.4. The van der Waals surface area contributed by atoms with Gasteiger partial charge in [-0.1, -0.05) is 48.6 Å². The molecule has 0 unspecified atom stereocenters. The summed E-state index contributed by atoms with van der Waals surface area (Å²) < 4.78 is 0. The molecule has 2 aliphatic rings. The zero-order chi connectivity index (χ0) is 18.8. The quantitative estimate of drug-likeness (QED) is 0.286. The fraction of sp³-hybridized carbons (Fsp3) is 0.476. The minimum absolute atomic E-state index is 0. The van der Waals surface area contributed by atoms with Crippen molar-refractivity contribution in [2.75, 3.05) is 0 Å². The molecule has 0 saturated heterocycles. The summed E-state index contributed by atoms with van der Waals surface area (Å²) in [7, 11) is 0. The van der Waals surface area contributed by atoms with E-state index in [-0.39, 0.29) is 19.5 Å². The second kappa shape index (κ2) is 19.7. The van der Waals surface area contributed by atoms with Crippen molar-refractivity contribution in [3.8, 4) is 0 Å². The van der Waals surface area contributed by atoms with Crippen molar-refractivity contribution < 1.29 is 39.0 Å². The fourth-order valence-corrected chi connectivity index (χ4v) is 2.01. The summed E-state index contributed by atoms with van der Waals surface area (Å²) in [5, 5.41) is 9.62. The van der Waals surface area contributed by atoms with Crippen LogP contribution in [0.4, 0.5) is 0 Å². The van der Waals surface area contributed by atoms with Gasteiger partial charge in [0.05, 0.1) is 6.42 Å². The number of hydrogen-bond acceptors (Lipinski definition) is 4. The molecule has 0 amide bonds. The number of rotatable bonds is 3. The Hall–Kier alpha value is -1.61. The standard InChI is InChI=1S/2C8H12.C5H6O4.Rh/c2*1-2-4-6-8-7-5-3-1;1-3(6)2-4(7)5(8)9;/h2*1-2,7-8H,3-6H2;2H2,1H3,(H,8,9);/q;;;+1/p-1/b2*2-1-,8-7-;;. The van der Waals surface area contributed by atoms with Crippen molar-refractivity contribution in [3.05, 3.63) is 48.6 Å². The number of Topliss-reactive ketones (excluding diaryl/α,β-unsaturated/α-hetero) is 2. The average molecular weight is 448 g/mol. The molecule has 0 aliphatic heterocycles. The molecule has 0 aromatic rings. The third-order valence-electron chi connectivity index (χ3n) is 3.30. The van der Waals surface area contributed by atoms with Gasteiger partial charge in [-0.15, -0.1) is 0 Å². The van der Waals surface area contributed by atoms with E-state index >= 15 is 0 Å². The average Bonchev–Trinajstić information content (AvgIpc) is 2.46. The summed E-state index contributed by atoms with van der Waals surface area (Å²) in [6.45, 7) is 1.14. The third kappa shape index (κ3) is 20.4. The minimum Gasteiger partial charge on any atom is -0.542 e. The summed E-state index contributed by atoms with van der Waals surface area (Å²) in [6.07, 6.45) is 27.4. The number of aliphatic carboxylic acids is 1. The number of carbonyl (C=O) groups is 3. The maximum atomic E-state index is 10.1. The summed E-state index contributed by atoms with van der Waals surface area (Å²) in [5.41, 5.74) is 0. The number of ketones is 2. The minimum atomic E-state index is -1.80. The molecule has 0 spiro atoms. The smallest absolute Gasteiger partial charge is 0.542 e. The van der Waals surface area contributed by atoms with E-state index in [0.717, 1.165) is 6.92 Å². The van der Waals surface area contributed by atoms with Crippen molar-refractivity contribution in [1.29, 1.82) is 0 Å². The molecule has 0 N–H and O–H groups in total. The van der Waals surface area contributed by atoms with E-state index in [2.05, 4.69) is 48.6 Å². The Morgan fingerprint density at radius 1 is 0.654 bits per heavy atom. The van der Waals surface area contributed by atoms with Gasteiger partial charge in [-0.3, -0.25) is 9.59 Å². The molecule has 4 nitrogen and oxygen atoms in total. The fourth-order valence-electron chi connectivity index (χ4n) is 2.01. The Morgan fingerprint density at radius 2 is 0.885 bits per heavy atom. The van der Waals surface area contributed by atoms with Crippen LogP contribution in [0.25, 0.3) is 0 Å². The second-order valence-corrected chi connectivity index (χ2v) is 5.78. The van der Waals surface area contributed by atoms with E-state index in [1.54, 1.807) is 0 Å². The molecule has 2 aliphatic carbocycles. The number of allylic oxidation sites excluding steroid dienone is 8. The summed E-state index contributed by atoms with van der Waals surface area (Å²) in [4.78, 5) is 29.7. The van der Waals surface area contributed by atoms with Crippen LogP contribution in [0.2, 0.25) is 0 Å². The van der Waals surface area contributed by atoms with Crippen molar-refractivity contribution in [1.82, 2.24) is 0 Å². The van der Waals surface area contributed by atoms with E-state index in [9.17, 15) is 19.5 Å². The van der Waals surface area contributed by atoms with Gasteiger partial charge in [-0.25, -0.2) is 0 Å². The molecule has 0 radical (unpaired) electrons. The van der Waals surface area contributed by atoms with E-state index in [0.29, 0.717) is 0 Å². The van der Waals surface area contributed by atoms with Crippen LogP contribution in [0.1, 0.15) is 64.7 Å². The normalized spacial score (nSPS) is 20.2. The second-order valence-electron chi connectivity index (χ2n) is 5.78. The topological polar surface area (TPSA) is 74.3 Å². The van der Waals surface area contributed by atoms with E-state index < -0.39 is 24.0 Å². The van der Waals surface area contributed by atoms with Gasteiger partial charge in [0.25, 0.3) is 0 Å². The molecule has 0 aromatic heterocycles. The van der Waals surface area contributed by atoms with Crippen molar-refractivity contribution >= 4 is 17.5 Å². The first kappa shape index (κ1) is 26.6. The number of carboxylic acid groups (broad SMARTS) is 1. The first-order valence-corrected chi connectivity index (χ1v) is 8.87. The van der Waals surface area contributed by atoms with E-state index in [4.69, 9.17) is 0 Å². The predicted octanol–water partition coefficient (Wildman–Crippen LogP) is 3.63. The molecular weight excluding hydrogens is 419 g/mol. The van der Waals surface area contributed by atoms with Crippen LogP contribution in [0.15, 0.2) is 48.6 Å². The van der Waals surface area contributed by atoms with Crippen LogP contribution in [0, 0.1) is 0 Å². The Balaban J connectivity index is 0. The molecule has 5 heteroatoms. The van der Waals surface area contributed by atoms with Gasteiger partial charge >= 0.3 is 19.5 Å². The molecule has 0 fully saturated rings. The maximum Gasteiger partial charge on any atom is 1.00 e. The van der Waals surface area contributed by atoms with Crippen LogP contribution >= 0.6 is 0 Å². The van der Waals surface area contributed by atoms with Gasteiger partial charge in [0.2, 0.25) is 0 Å². The number of carbonyl (C=O) groups excluding carboxylic acids is 3. The zero-order valence-corrected chi connectivity index (χ0v) is 17.1. The first-order chi connectivity index (χ1) is 12.0. The van der Waals surface area contributed by atoms with Crippen LogP contribution < -0.4 is 5.11 Å².